The Hall–Kier alpha value is -2.63. The lowest BCUT2D eigenvalue weighted by atomic mass is 10.0. The lowest BCUT2D eigenvalue weighted by molar-refractivity contribution is 0.0694. The second-order valence-corrected chi connectivity index (χ2v) is 5.79. The molecule has 0 unspecified atom stereocenters. The maximum atomic E-state index is 11.3. The van der Waals surface area contributed by atoms with E-state index < -0.39 is 11.7 Å². The van der Waals surface area contributed by atoms with Crippen molar-refractivity contribution in [3.63, 3.8) is 0 Å². The van der Waals surface area contributed by atoms with Gasteiger partial charge < -0.3 is 10.2 Å². The molecule has 120 valence electrons. The molecule has 0 radical (unpaired) electrons. The molecule has 0 saturated heterocycles. The zero-order valence-electron chi connectivity index (χ0n) is 12.1. The summed E-state index contributed by atoms with van der Waals surface area (Å²) in [6, 6.07) is 13.1. The number of carboxylic acids is 1. The first-order valence-electron chi connectivity index (χ1n) is 6.82. The van der Waals surface area contributed by atoms with Crippen LogP contribution in [0.2, 0.25) is 10.0 Å². The minimum Gasteiger partial charge on any atom is -0.505 e. The molecule has 0 spiro atoms. The fraction of sp³-hybridized carbons (Fsp3) is 0. The summed E-state index contributed by atoms with van der Waals surface area (Å²) in [6.45, 7) is 0. The van der Waals surface area contributed by atoms with Crippen LogP contribution in [-0.2, 0) is 0 Å². The summed E-state index contributed by atoms with van der Waals surface area (Å²) in [4.78, 5) is 11.3. The van der Waals surface area contributed by atoms with Crippen molar-refractivity contribution in [2.75, 3.05) is 0 Å². The summed E-state index contributed by atoms with van der Waals surface area (Å²) in [6.07, 6.45) is 0. The van der Waals surface area contributed by atoms with Crippen LogP contribution < -0.4 is 0 Å². The van der Waals surface area contributed by atoms with Crippen LogP contribution in [-0.4, -0.2) is 16.2 Å². The number of aromatic carboxylic acids is 1. The summed E-state index contributed by atoms with van der Waals surface area (Å²) in [7, 11) is 0. The van der Waals surface area contributed by atoms with Gasteiger partial charge in [-0.2, -0.15) is 0 Å². The predicted octanol–water partition coefficient (Wildman–Crippen LogP) is 5.97. The highest BCUT2D eigenvalue weighted by molar-refractivity contribution is 6.35. The van der Waals surface area contributed by atoms with E-state index in [4.69, 9.17) is 23.2 Å². The van der Waals surface area contributed by atoms with Crippen molar-refractivity contribution >= 4 is 51.3 Å². The van der Waals surface area contributed by atoms with Gasteiger partial charge >= 0.3 is 5.97 Å². The zero-order chi connectivity index (χ0) is 17.3. The molecule has 0 aromatic heterocycles. The van der Waals surface area contributed by atoms with Crippen molar-refractivity contribution in [2.24, 2.45) is 10.2 Å². The normalized spacial score (nSPS) is 11.2. The number of carboxylic acid groups (broad SMARTS) is 1. The van der Waals surface area contributed by atoms with Crippen LogP contribution in [0.4, 0.5) is 11.4 Å². The van der Waals surface area contributed by atoms with E-state index in [1.807, 2.05) is 0 Å². The van der Waals surface area contributed by atoms with Crippen molar-refractivity contribution < 1.29 is 15.0 Å². The van der Waals surface area contributed by atoms with Gasteiger partial charge in [-0.05, 0) is 29.7 Å². The molecule has 0 atom stereocenters. The molecule has 0 aliphatic heterocycles. The third kappa shape index (κ3) is 3.04. The average molecular weight is 361 g/mol. The maximum absolute atomic E-state index is 11.3. The quantitative estimate of drug-likeness (QED) is 0.564. The van der Waals surface area contributed by atoms with Crippen LogP contribution in [0.15, 0.2) is 58.8 Å². The molecule has 3 aromatic carbocycles. The van der Waals surface area contributed by atoms with Gasteiger partial charge in [0.1, 0.15) is 16.9 Å². The second-order valence-electron chi connectivity index (χ2n) is 4.94. The van der Waals surface area contributed by atoms with Gasteiger partial charge in [0.15, 0.2) is 5.75 Å². The molecule has 0 aliphatic rings. The molecular formula is C17H10Cl2N2O3. The van der Waals surface area contributed by atoms with Crippen LogP contribution in [0, 0.1) is 0 Å². The molecule has 3 rings (SSSR count). The number of fused-ring (bicyclic) bond motifs is 1. The van der Waals surface area contributed by atoms with Gasteiger partial charge in [0.2, 0.25) is 0 Å². The Morgan fingerprint density at radius 3 is 2.50 bits per heavy atom. The van der Waals surface area contributed by atoms with Crippen LogP contribution in [0.3, 0.4) is 0 Å². The second kappa shape index (κ2) is 6.47. The average Bonchev–Trinajstić information content (AvgIpc) is 2.56. The number of hydrogen-bond acceptors (Lipinski definition) is 4. The molecule has 0 amide bonds. The van der Waals surface area contributed by atoms with Gasteiger partial charge in [-0.25, -0.2) is 4.79 Å². The molecule has 5 nitrogen and oxygen atoms in total. The maximum Gasteiger partial charge on any atom is 0.339 e. The molecule has 0 saturated carbocycles. The molecule has 2 N–H and O–H groups in total. The van der Waals surface area contributed by atoms with Crippen LogP contribution >= 0.6 is 23.2 Å². The number of aromatic hydroxyl groups is 1. The summed E-state index contributed by atoms with van der Waals surface area (Å²) in [5.41, 5.74) is 0.120. The Bertz CT molecular complexity index is 987. The van der Waals surface area contributed by atoms with E-state index in [0.717, 1.165) is 0 Å². The third-order valence-corrected chi connectivity index (χ3v) is 3.95. The van der Waals surface area contributed by atoms with Crippen LogP contribution in [0.1, 0.15) is 10.4 Å². The SMILES string of the molecule is O=C(O)c1cc2ccccc2c(/N=N/c2cc(Cl)ccc2Cl)c1O. The van der Waals surface area contributed by atoms with Gasteiger partial charge in [0, 0.05) is 10.4 Å². The highest BCUT2D eigenvalue weighted by Crippen LogP contribution is 2.40. The van der Waals surface area contributed by atoms with E-state index in [1.165, 1.54) is 12.1 Å². The summed E-state index contributed by atoms with van der Waals surface area (Å²) in [5, 5.41) is 29.5. The number of carbonyl (C=O) groups is 1. The topological polar surface area (TPSA) is 82.2 Å². The first kappa shape index (κ1) is 16.2. The van der Waals surface area contributed by atoms with E-state index in [2.05, 4.69) is 10.2 Å². The van der Waals surface area contributed by atoms with E-state index in [-0.39, 0.29) is 11.3 Å². The number of nitrogens with zero attached hydrogens (tertiary/aromatic N) is 2. The first-order valence-corrected chi connectivity index (χ1v) is 7.58. The van der Waals surface area contributed by atoms with E-state index in [9.17, 15) is 15.0 Å². The lowest BCUT2D eigenvalue weighted by Gasteiger charge is -2.07. The Labute approximate surface area is 146 Å². The van der Waals surface area contributed by atoms with E-state index >= 15 is 0 Å². The summed E-state index contributed by atoms with van der Waals surface area (Å²) >= 11 is 11.9. The smallest absolute Gasteiger partial charge is 0.339 e. The van der Waals surface area contributed by atoms with Crippen molar-refractivity contribution in [3.8, 4) is 5.75 Å². The Morgan fingerprint density at radius 1 is 1.00 bits per heavy atom. The van der Waals surface area contributed by atoms with Crippen LogP contribution in [0.5, 0.6) is 5.75 Å². The fourth-order valence-electron chi connectivity index (χ4n) is 2.25. The van der Waals surface area contributed by atoms with Crippen molar-refractivity contribution in [1.82, 2.24) is 0 Å². The van der Waals surface area contributed by atoms with Crippen molar-refractivity contribution in [3.05, 3.63) is 64.1 Å². The Morgan fingerprint density at radius 2 is 1.75 bits per heavy atom. The number of rotatable bonds is 3. The third-order valence-electron chi connectivity index (χ3n) is 3.39. The van der Waals surface area contributed by atoms with Crippen molar-refractivity contribution in [2.45, 2.75) is 0 Å². The standard InChI is InChI=1S/C17H10Cl2N2O3/c18-10-5-6-13(19)14(8-10)20-21-15-11-4-2-1-3-9(11)7-12(16(15)22)17(23)24/h1-8,22H,(H,23,24)/b21-20+. The van der Waals surface area contributed by atoms with E-state index in [0.29, 0.717) is 26.5 Å². The molecule has 3 aromatic rings. The van der Waals surface area contributed by atoms with Gasteiger partial charge in [-0.3, -0.25) is 0 Å². The Balaban J connectivity index is 2.21. The Kier molecular flexibility index (Phi) is 4.38. The molecule has 0 heterocycles. The van der Waals surface area contributed by atoms with Gasteiger partial charge in [-0.1, -0.05) is 47.5 Å². The fourth-order valence-corrected chi connectivity index (χ4v) is 2.57. The molecule has 0 fully saturated rings. The highest BCUT2D eigenvalue weighted by Gasteiger charge is 2.17. The highest BCUT2D eigenvalue weighted by atomic mass is 35.5. The van der Waals surface area contributed by atoms with Crippen molar-refractivity contribution in [1.29, 1.82) is 0 Å². The first-order chi connectivity index (χ1) is 11.5. The monoisotopic (exact) mass is 360 g/mol. The zero-order valence-corrected chi connectivity index (χ0v) is 13.6. The molecule has 24 heavy (non-hydrogen) atoms. The molecule has 7 heteroatoms. The van der Waals surface area contributed by atoms with Crippen LogP contribution in [0.25, 0.3) is 10.8 Å². The molecule has 0 bridgehead atoms. The number of hydrogen-bond donors (Lipinski definition) is 2. The largest absolute Gasteiger partial charge is 0.505 e. The van der Waals surface area contributed by atoms with E-state index in [1.54, 1.807) is 36.4 Å². The van der Waals surface area contributed by atoms with Gasteiger partial charge in [-0.15, -0.1) is 10.2 Å². The van der Waals surface area contributed by atoms with Gasteiger partial charge in [0.25, 0.3) is 0 Å². The number of benzene rings is 3. The summed E-state index contributed by atoms with van der Waals surface area (Å²) in [5.74, 6) is -1.71. The van der Waals surface area contributed by atoms with Gasteiger partial charge in [0.05, 0.1) is 5.02 Å². The summed E-state index contributed by atoms with van der Waals surface area (Å²) < 4.78 is 0. The number of phenols is 1. The molecular weight excluding hydrogens is 351 g/mol. The minimum atomic E-state index is -1.25. The molecule has 0 aliphatic carbocycles. The number of halogens is 2. The predicted molar refractivity (Wildman–Crippen MR) is 93.2 cm³/mol. The minimum absolute atomic E-state index is 0.0570. The lowest BCUT2D eigenvalue weighted by Crippen LogP contribution is -1.97. The number of azo groups is 1.